The molecule has 5 nitrogen and oxygen atoms in total. The highest BCUT2D eigenvalue weighted by Gasteiger charge is 2.26. The molecule has 0 atom stereocenters. The smallest absolute Gasteiger partial charge is 0.231 e. The Morgan fingerprint density at radius 2 is 2.10 bits per heavy atom. The first-order valence-corrected chi connectivity index (χ1v) is 7.55. The lowest BCUT2D eigenvalue weighted by atomic mass is 9.91. The van der Waals surface area contributed by atoms with Gasteiger partial charge in [0.1, 0.15) is 0 Å². The molecule has 2 aliphatic rings. The van der Waals surface area contributed by atoms with Gasteiger partial charge in [0, 0.05) is 24.8 Å². The van der Waals surface area contributed by atoms with E-state index in [1.165, 1.54) is 6.42 Å². The minimum Gasteiger partial charge on any atom is -0.454 e. The standard InChI is InChI=1S/C16H21NO4/c18-8-2-7-17(13-3-1-4-13)10-14(19)12-5-6-15-16(9-12)21-11-20-15/h5-6,9,13,18H,1-4,7-8,10-11H2. The summed E-state index contributed by atoms with van der Waals surface area (Å²) in [7, 11) is 0. The summed E-state index contributed by atoms with van der Waals surface area (Å²) in [6.45, 7) is 1.57. The molecule has 0 amide bonds. The third-order valence-corrected chi connectivity index (χ3v) is 4.24. The van der Waals surface area contributed by atoms with Gasteiger partial charge in [-0.3, -0.25) is 9.69 Å². The molecule has 1 aliphatic carbocycles. The maximum absolute atomic E-state index is 12.5. The van der Waals surface area contributed by atoms with Crippen molar-refractivity contribution in [2.24, 2.45) is 0 Å². The molecule has 1 aromatic rings. The van der Waals surface area contributed by atoms with E-state index >= 15 is 0 Å². The predicted molar refractivity (Wildman–Crippen MR) is 77.8 cm³/mol. The van der Waals surface area contributed by atoms with Gasteiger partial charge < -0.3 is 14.6 Å². The number of carbonyl (C=O) groups excluding carboxylic acids is 1. The van der Waals surface area contributed by atoms with Crippen molar-refractivity contribution in [2.75, 3.05) is 26.5 Å². The topological polar surface area (TPSA) is 59.0 Å². The fraction of sp³-hybridized carbons (Fsp3) is 0.562. The minimum atomic E-state index is 0.0955. The molecule has 0 bridgehead atoms. The molecule has 1 heterocycles. The van der Waals surface area contributed by atoms with Crippen LogP contribution in [-0.4, -0.2) is 48.3 Å². The number of hydrogen-bond donors (Lipinski definition) is 1. The third-order valence-electron chi connectivity index (χ3n) is 4.24. The van der Waals surface area contributed by atoms with Crippen molar-refractivity contribution in [3.8, 4) is 11.5 Å². The fourth-order valence-electron chi connectivity index (χ4n) is 2.76. The average Bonchev–Trinajstić information content (AvgIpc) is 2.89. The van der Waals surface area contributed by atoms with E-state index in [1.54, 1.807) is 18.2 Å². The van der Waals surface area contributed by atoms with Gasteiger partial charge in [-0.25, -0.2) is 0 Å². The van der Waals surface area contributed by atoms with E-state index in [0.29, 0.717) is 36.1 Å². The zero-order chi connectivity index (χ0) is 14.7. The van der Waals surface area contributed by atoms with Crippen molar-refractivity contribution < 1.29 is 19.4 Å². The van der Waals surface area contributed by atoms with Gasteiger partial charge in [0.25, 0.3) is 0 Å². The van der Waals surface area contributed by atoms with Gasteiger partial charge in [0.2, 0.25) is 6.79 Å². The van der Waals surface area contributed by atoms with Crippen LogP contribution >= 0.6 is 0 Å². The first kappa shape index (κ1) is 14.4. The Bertz CT molecular complexity index is 513. The summed E-state index contributed by atoms with van der Waals surface area (Å²) >= 11 is 0. The van der Waals surface area contributed by atoms with Crippen LogP contribution in [0.2, 0.25) is 0 Å². The van der Waals surface area contributed by atoms with Crippen molar-refractivity contribution in [2.45, 2.75) is 31.7 Å². The number of fused-ring (bicyclic) bond motifs is 1. The molecule has 0 unspecified atom stereocenters. The van der Waals surface area contributed by atoms with Crippen molar-refractivity contribution in [3.05, 3.63) is 23.8 Å². The summed E-state index contributed by atoms with van der Waals surface area (Å²) < 4.78 is 10.6. The van der Waals surface area contributed by atoms with E-state index in [4.69, 9.17) is 14.6 Å². The van der Waals surface area contributed by atoms with Crippen molar-refractivity contribution in [3.63, 3.8) is 0 Å². The van der Waals surface area contributed by atoms with Gasteiger partial charge in [-0.05, 0) is 37.5 Å². The molecule has 1 aliphatic heterocycles. The molecular formula is C16H21NO4. The molecule has 5 heteroatoms. The normalized spacial score (nSPS) is 17.0. The zero-order valence-corrected chi connectivity index (χ0v) is 12.1. The second kappa shape index (κ2) is 6.45. The van der Waals surface area contributed by atoms with Gasteiger partial charge >= 0.3 is 0 Å². The van der Waals surface area contributed by atoms with E-state index in [-0.39, 0.29) is 19.2 Å². The summed E-state index contributed by atoms with van der Waals surface area (Å²) in [5, 5.41) is 9.00. The Balaban J connectivity index is 1.65. The van der Waals surface area contributed by atoms with Crippen LogP contribution in [0.15, 0.2) is 18.2 Å². The largest absolute Gasteiger partial charge is 0.454 e. The Morgan fingerprint density at radius 3 is 2.81 bits per heavy atom. The Morgan fingerprint density at radius 1 is 1.29 bits per heavy atom. The lowest BCUT2D eigenvalue weighted by molar-refractivity contribution is 0.0787. The molecule has 3 rings (SSSR count). The number of rotatable bonds is 7. The van der Waals surface area contributed by atoms with Gasteiger partial charge in [0.15, 0.2) is 17.3 Å². The number of benzene rings is 1. The first-order valence-electron chi connectivity index (χ1n) is 7.55. The van der Waals surface area contributed by atoms with Crippen LogP contribution in [0.5, 0.6) is 11.5 Å². The Labute approximate surface area is 124 Å². The van der Waals surface area contributed by atoms with Crippen LogP contribution in [0.4, 0.5) is 0 Å². The highest BCUT2D eigenvalue weighted by Crippen LogP contribution is 2.33. The van der Waals surface area contributed by atoms with Crippen LogP contribution in [-0.2, 0) is 0 Å². The number of nitrogens with zero attached hydrogens (tertiary/aromatic N) is 1. The zero-order valence-electron chi connectivity index (χ0n) is 12.1. The molecule has 0 saturated heterocycles. The Hall–Kier alpha value is -1.59. The molecule has 1 N–H and O–H groups in total. The van der Waals surface area contributed by atoms with E-state index in [0.717, 1.165) is 19.4 Å². The van der Waals surface area contributed by atoms with E-state index in [1.807, 2.05) is 0 Å². The van der Waals surface area contributed by atoms with Gasteiger partial charge in [-0.1, -0.05) is 6.42 Å². The molecule has 1 saturated carbocycles. The van der Waals surface area contributed by atoms with Crippen molar-refractivity contribution in [1.82, 2.24) is 4.90 Å². The summed E-state index contributed by atoms with van der Waals surface area (Å²) in [5.41, 5.74) is 0.660. The minimum absolute atomic E-state index is 0.0955. The predicted octanol–water partition coefficient (Wildman–Crippen LogP) is 1.83. The molecular weight excluding hydrogens is 270 g/mol. The first-order chi connectivity index (χ1) is 10.3. The lowest BCUT2D eigenvalue weighted by Crippen LogP contribution is -2.43. The molecule has 0 spiro atoms. The quantitative estimate of drug-likeness (QED) is 0.777. The maximum atomic E-state index is 12.5. The SMILES string of the molecule is O=C(CN(CCCO)C1CCC1)c1ccc2c(c1)OCO2. The van der Waals surface area contributed by atoms with Gasteiger partial charge in [-0.2, -0.15) is 0 Å². The monoisotopic (exact) mass is 291 g/mol. The number of Topliss-reactive ketones (excluding diaryl/α,β-unsaturated/α-hetero) is 1. The Kier molecular flexibility index (Phi) is 4.41. The number of aliphatic hydroxyl groups excluding tert-OH is 1. The van der Waals surface area contributed by atoms with E-state index in [2.05, 4.69) is 4.90 Å². The van der Waals surface area contributed by atoms with Crippen LogP contribution in [0.1, 0.15) is 36.0 Å². The number of aliphatic hydroxyl groups is 1. The van der Waals surface area contributed by atoms with E-state index in [9.17, 15) is 4.79 Å². The molecule has 0 aromatic heterocycles. The van der Waals surface area contributed by atoms with Crippen LogP contribution in [0.25, 0.3) is 0 Å². The van der Waals surface area contributed by atoms with Gasteiger partial charge in [-0.15, -0.1) is 0 Å². The second-order valence-electron chi connectivity index (χ2n) is 5.62. The van der Waals surface area contributed by atoms with Crippen LogP contribution in [0, 0.1) is 0 Å². The molecule has 21 heavy (non-hydrogen) atoms. The number of ketones is 1. The fourth-order valence-corrected chi connectivity index (χ4v) is 2.76. The van der Waals surface area contributed by atoms with Crippen molar-refractivity contribution >= 4 is 5.78 Å². The highest BCUT2D eigenvalue weighted by molar-refractivity contribution is 5.98. The molecule has 114 valence electrons. The molecule has 1 fully saturated rings. The average molecular weight is 291 g/mol. The summed E-state index contributed by atoms with van der Waals surface area (Å²) in [4.78, 5) is 14.7. The van der Waals surface area contributed by atoms with E-state index < -0.39 is 0 Å². The number of hydrogen-bond acceptors (Lipinski definition) is 5. The maximum Gasteiger partial charge on any atom is 0.231 e. The highest BCUT2D eigenvalue weighted by atomic mass is 16.7. The number of ether oxygens (including phenoxy) is 2. The van der Waals surface area contributed by atoms with Gasteiger partial charge in [0.05, 0.1) is 6.54 Å². The molecule has 1 aromatic carbocycles. The van der Waals surface area contributed by atoms with Crippen molar-refractivity contribution in [1.29, 1.82) is 0 Å². The van der Waals surface area contributed by atoms with Crippen LogP contribution < -0.4 is 9.47 Å². The summed E-state index contributed by atoms with van der Waals surface area (Å²) in [5.74, 6) is 1.44. The molecule has 0 radical (unpaired) electrons. The second-order valence-corrected chi connectivity index (χ2v) is 5.62. The summed E-state index contributed by atoms with van der Waals surface area (Å²) in [6.07, 6.45) is 4.25. The van der Waals surface area contributed by atoms with Crippen LogP contribution in [0.3, 0.4) is 0 Å². The number of carbonyl (C=O) groups is 1. The third kappa shape index (κ3) is 3.19. The lowest BCUT2D eigenvalue weighted by Gasteiger charge is -2.37. The summed E-state index contributed by atoms with van der Waals surface area (Å²) in [6, 6.07) is 5.84.